The Hall–Kier alpha value is -1.39. The predicted molar refractivity (Wildman–Crippen MR) is 136 cm³/mol. The minimum atomic E-state index is -0.479. The number of Topliss-reactive ketones (excluding diaryl/α,β-unsaturated/α-hetero) is 1. The summed E-state index contributed by atoms with van der Waals surface area (Å²) in [6.07, 6.45) is 12.1. The van der Waals surface area contributed by atoms with E-state index in [-0.39, 0.29) is 11.3 Å². The first-order valence-electron chi connectivity index (χ1n) is 13.5. The first kappa shape index (κ1) is 23.0. The van der Waals surface area contributed by atoms with E-state index in [0.717, 1.165) is 48.4 Å². The first-order chi connectivity index (χ1) is 16.1. The van der Waals surface area contributed by atoms with E-state index in [1.54, 1.807) is 0 Å². The first-order valence-corrected chi connectivity index (χ1v) is 13.8. The smallest absolute Gasteiger partial charge is 0.157 e. The Morgan fingerprint density at radius 3 is 2.68 bits per heavy atom. The Morgan fingerprint density at radius 2 is 1.85 bits per heavy atom. The molecule has 1 N–H and O–H groups in total. The van der Waals surface area contributed by atoms with Crippen molar-refractivity contribution < 1.29 is 9.90 Å². The van der Waals surface area contributed by atoms with Crippen molar-refractivity contribution in [1.29, 1.82) is 0 Å². The number of nitrogens with zero attached hydrogens (tertiary/aromatic N) is 2. The van der Waals surface area contributed by atoms with Gasteiger partial charge in [-0.3, -0.25) is 9.48 Å². The van der Waals surface area contributed by atoms with Gasteiger partial charge in [-0.15, -0.1) is 0 Å². The number of benzene rings is 1. The lowest BCUT2D eigenvalue weighted by atomic mass is 9.44. The van der Waals surface area contributed by atoms with Gasteiger partial charge in [-0.05, 0) is 117 Å². The average Bonchev–Trinajstić information content (AvgIpc) is 3.34. The molecule has 2 aromatic rings. The van der Waals surface area contributed by atoms with E-state index in [1.807, 2.05) is 36.0 Å². The van der Waals surface area contributed by atoms with Gasteiger partial charge in [0.1, 0.15) is 6.54 Å². The highest BCUT2D eigenvalue weighted by atomic mass is 35.5. The van der Waals surface area contributed by atoms with Crippen LogP contribution in [0.25, 0.3) is 10.9 Å². The Bertz CT molecular complexity index is 1120. The summed E-state index contributed by atoms with van der Waals surface area (Å²) in [7, 11) is 0. The number of aliphatic hydroxyl groups is 1. The molecule has 1 aromatic heterocycles. The second-order valence-electron chi connectivity index (χ2n) is 13.0. The summed E-state index contributed by atoms with van der Waals surface area (Å²) >= 11 is 6.14. The third-order valence-electron chi connectivity index (χ3n) is 11.3. The van der Waals surface area contributed by atoms with Crippen LogP contribution >= 0.6 is 11.6 Å². The summed E-state index contributed by atoms with van der Waals surface area (Å²) in [5, 5.41) is 17.0. The van der Waals surface area contributed by atoms with Crippen molar-refractivity contribution in [2.75, 3.05) is 0 Å². The van der Waals surface area contributed by atoms with Gasteiger partial charge >= 0.3 is 0 Å². The molecule has 4 aliphatic rings. The summed E-state index contributed by atoms with van der Waals surface area (Å²) in [4.78, 5) is 13.7. The van der Waals surface area contributed by atoms with E-state index >= 15 is 0 Å². The molecule has 0 saturated heterocycles. The summed E-state index contributed by atoms with van der Waals surface area (Å²) in [6, 6.07) is 5.77. The van der Waals surface area contributed by atoms with Crippen molar-refractivity contribution in [1.82, 2.24) is 9.78 Å². The largest absolute Gasteiger partial charge is 0.390 e. The molecule has 8 atom stereocenters. The maximum absolute atomic E-state index is 13.7. The van der Waals surface area contributed by atoms with Gasteiger partial charge in [-0.2, -0.15) is 5.10 Å². The van der Waals surface area contributed by atoms with Crippen molar-refractivity contribution in [2.24, 2.45) is 40.4 Å². The quantitative estimate of drug-likeness (QED) is 0.531. The third kappa shape index (κ3) is 3.42. The van der Waals surface area contributed by atoms with E-state index in [0.29, 0.717) is 34.6 Å². The van der Waals surface area contributed by atoms with Gasteiger partial charge in [0.25, 0.3) is 0 Å². The van der Waals surface area contributed by atoms with Crippen LogP contribution in [-0.4, -0.2) is 26.3 Å². The number of aromatic nitrogens is 2. The van der Waals surface area contributed by atoms with E-state index < -0.39 is 5.60 Å². The van der Waals surface area contributed by atoms with Gasteiger partial charge < -0.3 is 5.11 Å². The lowest BCUT2D eigenvalue weighted by Crippen LogP contribution is -2.55. The predicted octanol–water partition coefficient (Wildman–Crippen LogP) is 6.67. The van der Waals surface area contributed by atoms with Crippen LogP contribution in [0.1, 0.15) is 78.6 Å². The highest BCUT2D eigenvalue weighted by Crippen LogP contribution is 2.68. The number of fused-ring (bicyclic) bond motifs is 6. The monoisotopic (exact) mass is 482 g/mol. The zero-order valence-electron chi connectivity index (χ0n) is 20.9. The molecule has 4 aliphatic carbocycles. The second-order valence-corrected chi connectivity index (χ2v) is 13.4. The molecule has 1 heterocycles. The number of ketones is 1. The Balaban J connectivity index is 1.21. The topological polar surface area (TPSA) is 55.1 Å². The highest BCUT2D eigenvalue weighted by molar-refractivity contribution is 6.31. The van der Waals surface area contributed by atoms with Gasteiger partial charge in [0.15, 0.2) is 5.78 Å². The van der Waals surface area contributed by atoms with Gasteiger partial charge in [0.2, 0.25) is 0 Å². The van der Waals surface area contributed by atoms with Crippen LogP contribution in [-0.2, 0) is 11.3 Å². The zero-order valence-corrected chi connectivity index (χ0v) is 21.7. The summed E-state index contributed by atoms with van der Waals surface area (Å²) < 4.78 is 1.87. The molecule has 0 spiro atoms. The minimum absolute atomic E-state index is 0.119. The zero-order chi connectivity index (χ0) is 23.9. The van der Waals surface area contributed by atoms with Crippen LogP contribution < -0.4 is 0 Å². The molecule has 5 heteroatoms. The van der Waals surface area contributed by atoms with Gasteiger partial charge in [-0.25, -0.2) is 0 Å². The number of carbonyl (C=O) groups is 1. The van der Waals surface area contributed by atoms with E-state index in [4.69, 9.17) is 11.6 Å². The fourth-order valence-electron chi connectivity index (χ4n) is 9.40. The average molecular weight is 483 g/mol. The Labute approximate surface area is 208 Å². The summed E-state index contributed by atoms with van der Waals surface area (Å²) in [6.45, 7) is 7.38. The van der Waals surface area contributed by atoms with Crippen LogP contribution in [0.3, 0.4) is 0 Å². The lowest BCUT2D eigenvalue weighted by molar-refractivity contribution is -0.151. The van der Waals surface area contributed by atoms with Crippen molar-refractivity contribution >= 4 is 28.3 Å². The molecule has 0 bridgehead atoms. The van der Waals surface area contributed by atoms with Crippen LogP contribution in [0.5, 0.6) is 0 Å². The molecular formula is C29H39ClN2O2. The molecule has 4 nitrogen and oxygen atoms in total. The summed E-state index contributed by atoms with van der Waals surface area (Å²) in [5.41, 5.74) is 0.991. The maximum Gasteiger partial charge on any atom is 0.157 e. The van der Waals surface area contributed by atoms with Crippen LogP contribution in [0, 0.1) is 40.4 Å². The molecule has 4 saturated carbocycles. The SMILES string of the molecule is C[C@@]1(O)CC[C@@]2(C)[C@H](CC[C@@H]3[C@@H]2CC[C@]2(C)[C@@H](C(=O)Cn4ncc5cc(Cl)ccc54)CC[C@@H]32)C1. The van der Waals surface area contributed by atoms with Crippen molar-refractivity contribution in [3.63, 3.8) is 0 Å². The number of hydrogen-bond acceptors (Lipinski definition) is 3. The second kappa shape index (κ2) is 7.80. The fourth-order valence-corrected chi connectivity index (χ4v) is 9.58. The number of halogens is 1. The highest BCUT2D eigenvalue weighted by Gasteiger charge is 2.61. The molecule has 0 amide bonds. The Morgan fingerprint density at radius 1 is 1.06 bits per heavy atom. The van der Waals surface area contributed by atoms with Gasteiger partial charge in [0, 0.05) is 16.3 Å². The molecular weight excluding hydrogens is 444 g/mol. The molecule has 6 rings (SSSR count). The summed E-state index contributed by atoms with van der Waals surface area (Å²) in [5.74, 6) is 3.32. The number of hydrogen-bond donors (Lipinski definition) is 1. The molecule has 4 fully saturated rings. The van der Waals surface area contributed by atoms with E-state index in [2.05, 4.69) is 18.9 Å². The standard InChI is InChI=1S/C29H39ClN2O2/c1-27(34)12-13-28(2)19(15-27)4-6-21-22-7-8-24(29(22,3)11-10-23(21)28)26(33)17-32-25-9-5-20(30)14-18(25)16-31-32/h5,9,14,16,19,21-24,34H,4,6-8,10-13,15,17H2,1-3H3/t19-,21+,22+,23+,24-,27-,28+,29+/m1/s1. The molecule has 184 valence electrons. The van der Waals surface area contributed by atoms with Crippen molar-refractivity contribution in [3.8, 4) is 0 Å². The van der Waals surface area contributed by atoms with E-state index in [1.165, 1.54) is 32.1 Å². The van der Waals surface area contributed by atoms with Crippen LogP contribution in [0.15, 0.2) is 24.4 Å². The normalized spacial score (nSPS) is 43.9. The van der Waals surface area contributed by atoms with Crippen LogP contribution in [0.4, 0.5) is 0 Å². The fraction of sp³-hybridized carbons (Fsp3) is 0.724. The van der Waals surface area contributed by atoms with Gasteiger partial charge in [0.05, 0.1) is 17.3 Å². The van der Waals surface area contributed by atoms with E-state index in [9.17, 15) is 9.90 Å². The maximum atomic E-state index is 13.7. The number of rotatable bonds is 3. The van der Waals surface area contributed by atoms with Crippen LogP contribution in [0.2, 0.25) is 5.02 Å². The molecule has 34 heavy (non-hydrogen) atoms. The lowest BCUT2D eigenvalue weighted by Gasteiger charge is -2.61. The Kier molecular flexibility index (Phi) is 5.29. The third-order valence-corrected chi connectivity index (χ3v) is 11.5. The van der Waals surface area contributed by atoms with Gasteiger partial charge in [-0.1, -0.05) is 25.4 Å². The molecule has 0 aliphatic heterocycles. The number of carbonyl (C=O) groups excluding carboxylic acids is 1. The molecule has 1 aromatic carbocycles. The van der Waals surface area contributed by atoms with Crippen molar-refractivity contribution in [3.05, 3.63) is 29.4 Å². The minimum Gasteiger partial charge on any atom is -0.390 e. The molecule has 0 unspecified atom stereocenters. The van der Waals surface area contributed by atoms with Crippen molar-refractivity contribution in [2.45, 2.75) is 90.7 Å². The molecule has 0 radical (unpaired) electrons.